The van der Waals surface area contributed by atoms with Crippen LogP contribution in [-0.4, -0.2) is 80.2 Å². The normalized spacial score (nSPS) is 17.8. The van der Waals surface area contributed by atoms with Crippen molar-refractivity contribution < 1.29 is 29.6 Å². The van der Waals surface area contributed by atoms with Gasteiger partial charge in [-0.1, -0.05) is 35.6 Å². The number of aryl methyl sites for hydroxylation is 1. The Hall–Kier alpha value is -4.19. The summed E-state index contributed by atoms with van der Waals surface area (Å²) in [6.07, 6.45) is 0.0472. The molecule has 0 aliphatic carbocycles. The minimum Gasteiger partial charge on any atom is -0.506 e. The van der Waals surface area contributed by atoms with E-state index in [1.807, 2.05) is 33.5 Å². The molecule has 8 rings (SSSR count). The summed E-state index contributed by atoms with van der Waals surface area (Å²) in [7, 11) is 0. The van der Waals surface area contributed by atoms with Gasteiger partial charge in [0.15, 0.2) is 0 Å². The maximum atomic E-state index is 13.4. The molecule has 276 valence electrons. The number of phenolic OH excluding ortho intramolecular Hbond substituents is 1. The van der Waals surface area contributed by atoms with Gasteiger partial charge in [-0.15, -0.1) is 22.7 Å². The Bertz CT molecular complexity index is 2330. The highest BCUT2D eigenvalue weighted by Gasteiger charge is 2.52. The van der Waals surface area contributed by atoms with Gasteiger partial charge in [0.2, 0.25) is 11.2 Å². The van der Waals surface area contributed by atoms with Gasteiger partial charge < -0.3 is 35.1 Å². The highest BCUT2D eigenvalue weighted by Crippen LogP contribution is 2.40. The van der Waals surface area contributed by atoms with E-state index in [1.54, 1.807) is 36.4 Å². The zero-order valence-electron chi connectivity index (χ0n) is 28.5. The van der Waals surface area contributed by atoms with Gasteiger partial charge in [-0.05, 0) is 64.7 Å². The number of carbonyl (C=O) groups is 1. The maximum absolute atomic E-state index is 13.4. The second-order valence-corrected chi connectivity index (χ2v) is 16.6. The molecule has 0 amide bonds. The van der Waals surface area contributed by atoms with Gasteiger partial charge in [0, 0.05) is 57.1 Å². The first kappa shape index (κ1) is 35.8. The van der Waals surface area contributed by atoms with E-state index in [9.17, 15) is 29.7 Å². The minimum absolute atomic E-state index is 0.00768. The van der Waals surface area contributed by atoms with E-state index in [4.69, 9.17) is 9.47 Å². The lowest BCUT2D eigenvalue weighted by molar-refractivity contribution is -0.167. The Morgan fingerprint density at radius 2 is 1.83 bits per heavy atom. The number of H-pyrrole nitrogens is 1. The lowest BCUT2D eigenvalue weighted by Gasteiger charge is -2.47. The number of esters is 1. The fourth-order valence-corrected chi connectivity index (χ4v) is 10.1. The predicted octanol–water partition coefficient (Wildman–Crippen LogP) is 4.27. The van der Waals surface area contributed by atoms with Gasteiger partial charge in [0.1, 0.15) is 11.9 Å². The lowest BCUT2D eigenvalue weighted by Crippen LogP contribution is -2.61. The van der Waals surface area contributed by atoms with Gasteiger partial charge in [-0.2, -0.15) is 0 Å². The summed E-state index contributed by atoms with van der Waals surface area (Å²) in [5.41, 5.74) is 0.204. The number of hydrogen-bond donors (Lipinski definition) is 5. The monoisotopic (exact) mass is 774 g/mol. The van der Waals surface area contributed by atoms with Crippen molar-refractivity contribution in [1.29, 1.82) is 0 Å². The van der Waals surface area contributed by atoms with E-state index >= 15 is 0 Å². The van der Waals surface area contributed by atoms with Crippen LogP contribution in [0, 0.1) is 0 Å². The zero-order valence-corrected chi connectivity index (χ0v) is 31.0. The molecule has 2 fully saturated rings. The van der Waals surface area contributed by atoms with Crippen LogP contribution >= 0.6 is 34.0 Å². The fraction of sp³-hybridized carbons (Fsp3) is 0.342. The summed E-state index contributed by atoms with van der Waals surface area (Å²) >= 11 is 3.85. The Labute approximate surface area is 315 Å². The molecule has 2 saturated heterocycles. The summed E-state index contributed by atoms with van der Waals surface area (Å²) in [6.45, 7) is 3.83. The number of aromatic nitrogens is 2. The van der Waals surface area contributed by atoms with Crippen LogP contribution in [0.15, 0.2) is 87.1 Å². The molecule has 2 aliphatic rings. The summed E-state index contributed by atoms with van der Waals surface area (Å²) in [6, 6.07) is 19.1. The van der Waals surface area contributed by atoms with Crippen LogP contribution in [0.2, 0.25) is 0 Å². The molecular weight excluding hydrogens is 737 g/mol. The molecule has 1 spiro atoms. The van der Waals surface area contributed by atoms with Crippen molar-refractivity contribution in [2.24, 2.45) is 0 Å². The number of likely N-dealkylation sites (tertiary alicyclic amines) is 1. The van der Waals surface area contributed by atoms with Crippen molar-refractivity contribution in [3.63, 3.8) is 0 Å². The van der Waals surface area contributed by atoms with Gasteiger partial charge >= 0.3 is 10.8 Å². The van der Waals surface area contributed by atoms with Crippen LogP contribution in [0.25, 0.3) is 21.1 Å². The molecule has 2 aliphatic heterocycles. The SMILES string of the molecule is O=C(OC1COC2(C1)CN(CCCn1c(=O)sc3cc(CNC[C@H](O)c4ccc(O)c5[nH]c(=O)ccc45)ccc31)C2)C(O)(c1cccs1)c1cccs1. The Morgan fingerprint density at radius 1 is 1.06 bits per heavy atom. The van der Waals surface area contributed by atoms with Gasteiger partial charge in [-0.3, -0.25) is 19.1 Å². The molecule has 2 atom stereocenters. The number of thiophene rings is 2. The molecule has 2 aromatic carbocycles. The van der Waals surface area contributed by atoms with Crippen LogP contribution in [0.4, 0.5) is 0 Å². The molecular formula is C38H38N4O8S3. The number of aromatic amines is 1. The first-order valence-electron chi connectivity index (χ1n) is 17.4. The highest BCUT2D eigenvalue weighted by atomic mass is 32.1. The number of fused-ring (bicyclic) bond motifs is 2. The van der Waals surface area contributed by atoms with E-state index in [2.05, 4.69) is 15.2 Å². The Balaban J connectivity index is 0.810. The summed E-state index contributed by atoms with van der Waals surface area (Å²) in [5, 5.41) is 40.1. The zero-order chi connectivity index (χ0) is 36.7. The number of benzene rings is 2. The third kappa shape index (κ3) is 6.99. The van der Waals surface area contributed by atoms with Crippen LogP contribution in [0.1, 0.15) is 39.8 Å². The number of carbonyl (C=O) groups excluding carboxylic acids is 1. The molecule has 15 heteroatoms. The Kier molecular flexibility index (Phi) is 9.84. The second kappa shape index (κ2) is 14.6. The number of aromatic hydroxyl groups is 1. The molecule has 4 aromatic heterocycles. The lowest BCUT2D eigenvalue weighted by atomic mass is 9.90. The molecule has 12 nitrogen and oxygen atoms in total. The number of nitrogens with zero attached hydrogens (tertiary/aromatic N) is 2. The topological polar surface area (TPSA) is 166 Å². The van der Waals surface area contributed by atoms with Crippen molar-refractivity contribution in [2.45, 2.75) is 49.3 Å². The average Bonchev–Trinajstić information content (AvgIpc) is 3.96. The number of ether oxygens (including phenoxy) is 2. The number of nitrogens with one attached hydrogen (secondary N) is 2. The molecule has 0 saturated carbocycles. The molecule has 1 unspecified atom stereocenters. The number of rotatable bonds is 13. The van der Waals surface area contributed by atoms with E-state index in [1.165, 1.54) is 46.1 Å². The average molecular weight is 775 g/mol. The van der Waals surface area contributed by atoms with E-state index in [0.717, 1.165) is 28.7 Å². The van der Waals surface area contributed by atoms with Gasteiger partial charge in [0.05, 0.1) is 43.8 Å². The second-order valence-electron chi connectivity index (χ2n) is 13.7. The first-order valence-corrected chi connectivity index (χ1v) is 19.9. The Morgan fingerprint density at radius 3 is 2.57 bits per heavy atom. The highest BCUT2D eigenvalue weighted by molar-refractivity contribution is 7.16. The van der Waals surface area contributed by atoms with Crippen molar-refractivity contribution in [2.75, 3.05) is 32.8 Å². The number of thiazole rings is 1. The van der Waals surface area contributed by atoms with Crippen LogP contribution in [0.5, 0.6) is 5.75 Å². The van der Waals surface area contributed by atoms with Crippen LogP contribution in [-0.2, 0) is 33.0 Å². The standard InChI is InChI=1S/C38H38N4O8S3/c43-28-10-7-25(26-8-11-33(45)40-34(26)28)29(44)19-39-18-23-6-9-27-30(16-23)53-36(47)42(27)13-3-12-41-21-37(22-41)17-24(20-49-37)50-35(46)38(48,31-4-1-14-51-31)32-5-2-15-52-32/h1-2,4-11,14-16,24,29,39,43-44,48H,3,12-13,17-22H2,(H,40,45)/t24?,29-/m0/s1. The third-order valence-electron chi connectivity index (χ3n) is 10.0. The fourth-order valence-electron chi connectivity index (χ4n) is 7.45. The van der Waals surface area contributed by atoms with Crippen molar-refractivity contribution in [1.82, 2.24) is 19.8 Å². The molecule has 0 radical (unpaired) electrons. The third-order valence-corrected chi connectivity index (χ3v) is 12.9. The van der Waals surface area contributed by atoms with E-state index in [-0.39, 0.29) is 34.9 Å². The predicted molar refractivity (Wildman–Crippen MR) is 205 cm³/mol. The van der Waals surface area contributed by atoms with Crippen molar-refractivity contribution in [3.05, 3.63) is 118 Å². The smallest absolute Gasteiger partial charge is 0.349 e. The number of phenols is 1. The molecule has 0 bridgehead atoms. The largest absolute Gasteiger partial charge is 0.506 e. The number of aliphatic hydroxyl groups excluding tert-OH is 1. The number of hydrogen-bond acceptors (Lipinski definition) is 13. The molecule has 53 heavy (non-hydrogen) atoms. The molecule has 6 heterocycles. The maximum Gasteiger partial charge on any atom is 0.349 e. The minimum atomic E-state index is -1.84. The molecule has 6 aromatic rings. The van der Waals surface area contributed by atoms with E-state index < -0.39 is 23.8 Å². The number of pyridine rings is 1. The summed E-state index contributed by atoms with van der Waals surface area (Å²) in [5.74, 6) is -0.737. The summed E-state index contributed by atoms with van der Waals surface area (Å²) < 4.78 is 14.7. The molecule has 5 N–H and O–H groups in total. The van der Waals surface area contributed by atoms with Gasteiger partial charge in [-0.25, -0.2) is 4.79 Å². The van der Waals surface area contributed by atoms with Crippen LogP contribution < -0.4 is 15.7 Å². The van der Waals surface area contributed by atoms with E-state index in [0.29, 0.717) is 58.8 Å². The first-order chi connectivity index (χ1) is 25.6. The quantitative estimate of drug-likeness (QED) is 0.107. The van der Waals surface area contributed by atoms with Crippen LogP contribution in [0.3, 0.4) is 0 Å². The van der Waals surface area contributed by atoms with Crippen molar-refractivity contribution >= 4 is 61.1 Å². The van der Waals surface area contributed by atoms with Crippen molar-refractivity contribution in [3.8, 4) is 5.75 Å². The number of aliphatic hydroxyl groups is 2. The summed E-state index contributed by atoms with van der Waals surface area (Å²) in [4.78, 5) is 44.0. The van der Waals surface area contributed by atoms with Gasteiger partial charge in [0.25, 0.3) is 0 Å².